The topological polar surface area (TPSA) is 112 Å². The summed E-state index contributed by atoms with van der Waals surface area (Å²) in [4.78, 5) is 29.9. The Hall–Kier alpha value is -2.92. The Morgan fingerprint density at radius 3 is 2.58 bits per heavy atom. The molecule has 0 bridgehead atoms. The number of H-pyrrole nitrogens is 1. The standard InChI is InChI=1S/C22H23ClN4O5S/c1-26(2)21-17(23)4-3-5-19(21)25-22(29)16-13-20(28)24-18-7-6-14(12-15(16)18)33(30,31)27-8-10-32-11-9-27/h3-7,12-13H,8-11H2,1-2H3,(H,24,28)(H,25,29). The number of aromatic nitrogens is 1. The van der Waals surface area contributed by atoms with Crippen molar-refractivity contribution >= 4 is 49.8 Å². The van der Waals surface area contributed by atoms with Crippen molar-refractivity contribution in [2.45, 2.75) is 4.90 Å². The van der Waals surface area contributed by atoms with Crippen LogP contribution in [0, 0.1) is 0 Å². The van der Waals surface area contributed by atoms with Crippen LogP contribution in [0.25, 0.3) is 10.9 Å². The molecule has 3 aromatic rings. The molecule has 2 N–H and O–H groups in total. The van der Waals surface area contributed by atoms with Crippen LogP contribution in [0.4, 0.5) is 11.4 Å². The van der Waals surface area contributed by atoms with E-state index in [2.05, 4.69) is 10.3 Å². The second-order valence-corrected chi connectivity index (χ2v) is 10.1. The van der Waals surface area contributed by atoms with E-state index in [-0.39, 0.29) is 23.5 Å². The first-order chi connectivity index (χ1) is 15.7. The molecule has 2 aromatic carbocycles. The van der Waals surface area contributed by atoms with Gasteiger partial charge in [0.2, 0.25) is 15.6 Å². The zero-order chi connectivity index (χ0) is 23.8. The highest BCUT2D eigenvalue weighted by Crippen LogP contribution is 2.33. The molecule has 0 unspecified atom stereocenters. The number of rotatable bonds is 5. The van der Waals surface area contributed by atoms with E-state index in [4.69, 9.17) is 16.3 Å². The number of nitrogens with one attached hydrogen (secondary N) is 2. The molecule has 1 saturated heterocycles. The average Bonchev–Trinajstić information content (AvgIpc) is 2.78. The Labute approximate surface area is 196 Å². The summed E-state index contributed by atoms with van der Waals surface area (Å²) in [5.74, 6) is -0.558. The number of amides is 1. The fraction of sp³-hybridized carbons (Fsp3) is 0.273. The third-order valence-electron chi connectivity index (χ3n) is 5.35. The molecule has 174 valence electrons. The third kappa shape index (κ3) is 4.60. The highest BCUT2D eigenvalue weighted by Gasteiger charge is 2.27. The lowest BCUT2D eigenvalue weighted by Gasteiger charge is -2.26. The third-order valence-corrected chi connectivity index (χ3v) is 7.55. The van der Waals surface area contributed by atoms with Gasteiger partial charge in [-0.05, 0) is 30.3 Å². The van der Waals surface area contributed by atoms with Gasteiger partial charge in [-0.2, -0.15) is 4.31 Å². The van der Waals surface area contributed by atoms with Gasteiger partial charge in [-0.3, -0.25) is 9.59 Å². The van der Waals surface area contributed by atoms with E-state index in [0.29, 0.717) is 40.5 Å². The number of hydrogen-bond donors (Lipinski definition) is 2. The Kier molecular flexibility index (Phi) is 6.44. The molecule has 33 heavy (non-hydrogen) atoms. The van der Waals surface area contributed by atoms with Crippen LogP contribution in [0.1, 0.15) is 10.4 Å². The molecule has 1 aliphatic heterocycles. The molecule has 9 nitrogen and oxygen atoms in total. The maximum atomic E-state index is 13.2. The minimum atomic E-state index is -3.78. The minimum Gasteiger partial charge on any atom is -0.379 e. The summed E-state index contributed by atoms with van der Waals surface area (Å²) in [6, 6.07) is 10.6. The van der Waals surface area contributed by atoms with Gasteiger partial charge in [0, 0.05) is 44.2 Å². The van der Waals surface area contributed by atoms with E-state index in [0.717, 1.165) is 6.07 Å². The smallest absolute Gasteiger partial charge is 0.256 e. The van der Waals surface area contributed by atoms with Gasteiger partial charge in [0.05, 0.1) is 40.1 Å². The molecule has 0 atom stereocenters. The van der Waals surface area contributed by atoms with E-state index in [9.17, 15) is 18.0 Å². The van der Waals surface area contributed by atoms with Crippen LogP contribution in [0.2, 0.25) is 5.02 Å². The number of carbonyl (C=O) groups is 1. The predicted molar refractivity (Wildman–Crippen MR) is 128 cm³/mol. The number of para-hydroxylation sites is 1. The van der Waals surface area contributed by atoms with E-state index in [1.165, 1.54) is 22.5 Å². The van der Waals surface area contributed by atoms with Gasteiger partial charge in [0.15, 0.2) is 0 Å². The summed E-state index contributed by atoms with van der Waals surface area (Å²) in [6.45, 7) is 1.14. The summed E-state index contributed by atoms with van der Waals surface area (Å²) in [5, 5.41) is 3.56. The number of ether oxygens (including phenoxy) is 1. The van der Waals surface area contributed by atoms with Crippen molar-refractivity contribution in [2.24, 2.45) is 0 Å². The van der Waals surface area contributed by atoms with E-state index in [1.54, 1.807) is 37.2 Å². The molecule has 4 rings (SSSR count). The number of morpholine rings is 1. The lowest BCUT2D eigenvalue weighted by atomic mass is 10.1. The van der Waals surface area contributed by atoms with Crippen LogP contribution < -0.4 is 15.8 Å². The van der Waals surface area contributed by atoms with Gasteiger partial charge in [-0.25, -0.2) is 8.42 Å². The fourth-order valence-electron chi connectivity index (χ4n) is 3.78. The normalized spacial score (nSPS) is 14.9. The summed E-state index contributed by atoms with van der Waals surface area (Å²) in [7, 11) is -0.195. The Bertz CT molecular complexity index is 1380. The predicted octanol–water partition coefficient (Wildman–Crippen LogP) is 2.52. The maximum absolute atomic E-state index is 13.2. The first kappa shape index (κ1) is 23.2. The molecule has 0 spiro atoms. The first-order valence-corrected chi connectivity index (χ1v) is 12.0. The Balaban J connectivity index is 1.78. The van der Waals surface area contributed by atoms with Gasteiger partial charge >= 0.3 is 0 Å². The van der Waals surface area contributed by atoms with Crippen LogP contribution >= 0.6 is 11.6 Å². The molecule has 1 fully saturated rings. The molecule has 11 heteroatoms. The second kappa shape index (κ2) is 9.14. The molecular formula is C22H23ClN4O5S. The number of benzene rings is 2. The first-order valence-electron chi connectivity index (χ1n) is 10.2. The van der Waals surface area contributed by atoms with Gasteiger partial charge in [0.25, 0.3) is 5.91 Å². The second-order valence-electron chi connectivity index (χ2n) is 7.76. The lowest BCUT2D eigenvalue weighted by Crippen LogP contribution is -2.40. The average molecular weight is 491 g/mol. The fourth-order valence-corrected chi connectivity index (χ4v) is 5.56. The van der Waals surface area contributed by atoms with E-state index < -0.39 is 21.5 Å². The number of hydrogen-bond acceptors (Lipinski definition) is 6. The number of aromatic amines is 1. The number of carbonyl (C=O) groups excluding carboxylic acids is 1. The molecule has 1 aromatic heterocycles. The molecule has 0 saturated carbocycles. The Morgan fingerprint density at radius 2 is 1.88 bits per heavy atom. The molecule has 1 amide bonds. The van der Waals surface area contributed by atoms with Crippen molar-refractivity contribution in [3.63, 3.8) is 0 Å². The van der Waals surface area contributed by atoms with Crippen molar-refractivity contribution in [3.05, 3.63) is 63.4 Å². The number of anilines is 2. The highest BCUT2D eigenvalue weighted by atomic mass is 35.5. The number of fused-ring (bicyclic) bond motifs is 1. The highest BCUT2D eigenvalue weighted by molar-refractivity contribution is 7.89. The minimum absolute atomic E-state index is 0.0368. The number of nitrogens with zero attached hydrogens (tertiary/aromatic N) is 2. The van der Waals surface area contributed by atoms with Crippen molar-refractivity contribution in [1.29, 1.82) is 0 Å². The van der Waals surface area contributed by atoms with Crippen molar-refractivity contribution in [2.75, 3.05) is 50.6 Å². The lowest BCUT2D eigenvalue weighted by molar-refractivity contribution is 0.0730. The van der Waals surface area contributed by atoms with Crippen LogP contribution in [-0.4, -0.2) is 64.0 Å². The van der Waals surface area contributed by atoms with Gasteiger partial charge in [-0.15, -0.1) is 0 Å². The molecular weight excluding hydrogens is 468 g/mol. The summed E-state index contributed by atoms with van der Waals surface area (Å²) in [5.41, 5.74) is 1.00. The molecule has 0 aliphatic carbocycles. The summed E-state index contributed by atoms with van der Waals surface area (Å²) in [6.07, 6.45) is 0. The van der Waals surface area contributed by atoms with Crippen molar-refractivity contribution in [3.8, 4) is 0 Å². The van der Waals surface area contributed by atoms with Crippen molar-refractivity contribution in [1.82, 2.24) is 9.29 Å². The molecule has 0 radical (unpaired) electrons. The Morgan fingerprint density at radius 1 is 1.15 bits per heavy atom. The van der Waals surface area contributed by atoms with Crippen LogP contribution in [-0.2, 0) is 14.8 Å². The van der Waals surface area contributed by atoms with E-state index in [1.807, 2.05) is 0 Å². The van der Waals surface area contributed by atoms with Gasteiger partial charge in [-0.1, -0.05) is 17.7 Å². The van der Waals surface area contributed by atoms with Gasteiger partial charge < -0.3 is 19.9 Å². The van der Waals surface area contributed by atoms with Crippen LogP contribution in [0.3, 0.4) is 0 Å². The van der Waals surface area contributed by atoms with Gasteiger partial charge in [0.1, 0.15) is 0 Å². The number of pyridine rings is 1. The SMILES string of the molecule is CN(C)c1c(Cl)cccc1NC(=O)c1cc(=O)[nH]c2ccc(S(=O)(=O)N3CCOCC3)cc12. The number of halogens is 1. The molecule has 1 aliphatic rings. The quantitative estimate of drug-likeness (QED) is 0.568. The maximum Gasteiger partial charge on any atom is 0.256 e. The zero-order valence-corrected chi connectivity index (χ0v) is 19.7. The zero-order valence-electron chi connectivity index (χ0n) is 18.1. The summed E-state index contributed by atoms with van der Waals surface area (Å²) < 4.78 is 32.8. The van der Waals surface area contributed by atoms with Crippen LogP contribution in [0.15, 0.2) is 52.2 Å². The molecule has 2 heterocycles. The number of sulfonamides is 1. The van der Waals surface area contributed by atoms with Crippen LogP contribution in [0.5, 0.6) is 0 Å². The van der Waals surface area contributed by atoms with Crippen molar-refractivity contribution < 1.29 is 17.9 Å². The summed E-state index contributed by atoms with van der Waals surface area (Å²) >= 11 is 6.29. The largest absolute Gasteiger partial charge is 0.379 e. The monoisotopic (exact) mass is 490 g/mol. The van der Waals surface area contributed by atoms with E-state index >= 15 is 0 Å².